The van der Waals surface area contributed by atoms with E-state index in [0.29, 0.717) is 55.8 Å². The van der Waals surface area contributed by atoms with Crippen molar-refractivity contribution in [1.82, 2.24) is 9.80 Å². The van der Waals surface area contributed by atoms with Gasteiger partial charge in [0.25, 0.3) is 5.91 Å². The number of carbonyl (C=O) groups excluding carboxylic acids is 3. The van der Waals surface area contributed by atoms with E-state index in [9.17, 15) is 27.6 Å². The summed E-state index contributed by atoms with van der Waals surface area (Å²) in [5, 5.41) is 0. The Kier molecular flexibility index (Phi) is 10.9. The second kappa shape index (κ2) is 14.7. The van der Waals surface area contributed by atoms with Crippen molar-refractivity contribution in [1.29, 1.82) is 0 Å². The molecule has 0 aliphatic carbocycles. The summed E-state index contributed by atoms with van der Waals surface area (Å²) in [6.07, 6.45) is -3.46. The molecule has 274 valence electrons. The monoisotopic (exact) mass is 705 g/mol. The number of hydrogen-bond donors (Lipinski definition) is 0. The number of methoxy groups -OCH3 is 1. The summed E-state index contributed by atoms with van der Waals surface area (Å²) >= 11 is 0. The third-order valence-electron chi connectivity index (χ3n) is 9.94. The SMILES string of the molecule is CCOC(=O)C1CCN(c2cc(C(F)(F)F)ccc2C2CCN(C(=O)[C@]3(F)CN(C(=O)OC(C)(C)C)C[C@H]3c3ccc(OC)cc3)CC2)CC1. The number of benzene rings is 2. The number of rotatable bonds is 7. The molecule has 3 heterocycles. The average molecular weight is 706 g/mol. The van der Waals surface area contributed by atoms with Crippen molar-refractivity contribution in [3.8, 4) is 5.75 Å². The Bertz CT molecular complexity index is 1530. The first-order chi connectivity index (χ1) is 23.5. The van der Waals surface area contributed by atoms with E-state index in [2.05, 4.69) is 0 Å². The Labute approximate surface area is 290 Å². The van der Waals surface area contributed by atoms with Gasteiger partial charge < -0.3 is 28.9 Å². The van der Waals surface area contributed by atoms with E-state index < -0.39 is 47.5 Å². The van der Waals surface area contributed by atoms with Crippen LogP contribution in [0.15, 0.2) is 42.5 Å². The van der Waals surface area contributed by atoms with Crippen LogP contribution in [0.3, 0.4) is 0 Å². The number of piperidine rings is 2. The van der Waals surface area contributed by atoms with Gasteiger partial charge in [-0.25, -0.2) is 9.18 Å². The van der Waals surface area contributed by atoms with Gasteiger partial charge in [-0.15, -0.1) is 0 Å². The average Bonchev–Trinajstić information content (AvgIpc) is 3.45. The Hall–Kier alpha value is -4.03. The molecule has 0 aromatic heterocycles. The fraction of sp³-hybridized carbons (Fsp3) is 0.595. The smallest absolute Gasteiger partial charge is 0.416 e. The van der Waals surface area contributed by atoms with E-state index in [-0.39, 0.29) is 44.0 Å². The number of alkyl halides is 4. The molecule has 0 N–H and O–H groups in total. The highest BCUT2D eigenvalue weighted by molar-refractivity contribution is 5.89. The van der Waals surface area contributed by atoms with Crippen LogP contribution in [0.1, 0.15) is 81.9 Å². The molecule has 3 saturated heterocycles. The zero-order valence-corrected chi connectivity index (χ0v) is 29.4. The molecule has 0 spiro atoms. The largest absolute Gasteiger partial charge is 0.497 e. The van der Waals surface area contributed by atoms with Gasteiger partial charge in [-0.1, -0.05) is 18.2 Å². The maximum atomic E-state index is 17.3. The van der Waals surface area contributed by atoms with E-state index in [1.165, 1.54) is 29.0 Å². The van der Waals surface area contributed by atoms with Gasteiger partial charge in [0.2, 0.25) is 5.67 Å². The number of halogens is 4. The molecule has 2 atom stereocenters. The van der Waals surface area contributed by atoms with E-state index in [1.54, 1.807) is 52.0 Å². The molecule has 0 radical (unpaired) electrons. The summed E-state index contributed by atoms with van der Waals surface area (Å²) in [4.78, 5) is 44.1. The molecule has 0 bridgehead atoms. The number of amides is 2. The molecule has 0 unspecified atom stereocenters. The maximum absolute atomic E-state index is 17.3. The summed E-state index contributed by atoms with van der Waals surface area (Å²) in [6, 6.07) is 10.5. The molecule has 2 amide bonds. The molecular formula is C37H47F4N3O6. The zero-order chi connectivity index (χ0) is 36.4. The maximum Gasteiger partial charge on any atom is 0.416 e. The minimum absolute atomic E-state index is 0.0538. The van der Waals surface area contributed by atoms with Crippen LogP contribution < -0.4 is 9.64 Å². The van der Waals surface area contributed by atoms with Gasteiger partial charge in [-0.2, -0.15) is 13.2 Å². The van der Waals surface area contributed by atoms with Gasteiger partial charge in [-0.3, -0.25) is 9.59 Å². The molecule has 9 nitrogen and oxygen atoms in total. The van der Waals surface area contributed by atoms with Crippen molar-refractivity contribution in [2.24, 2.45) is 5.92 Å². The fourth-order valence-electron chi connectivity index (χ4n) is 7.32. The second-order valence-electron chi connectivity index (χ2n) is 14.4. The molecule has 2 aromatic rings. The lowest BCUT2D eigenvalue weighted by molar-refractivity contribution is -0.148. The predicted octanol–water partition coefficient (Wildman–Crippen LogP) is 6.94. The van der Waals surface area contributed by atoms with Crippen LogP contribution in [0.4, 0.5) is 28.0 Å². The number of esters is 1. The number of carbonyl (C=O) groups is 3. The molecule has 2 aromatic carbocycles. The predicted molar refractivity (Wildman–Crippen MR) is 179 cm³/mol. The van der Waals surface area contributed by atoms with Crippen LogP contribution in [0, 0.1) is 5.92 Å². The molecule has 0 saturated carbocycles. The van der Waals surface area contributed by atoms with Gasteiger partial charge >= 0.3 is 18.2 Å². The third-order valence-corrected chi connectivity index (χ3v) is 9.94. The summed E-state index contributed by atoms with van der Waals surface area (Å²) in [6.45, 7) is 7.83. The highest BCUT2D eigenvalue weighted by Gasteiger charge is 2.57. The lowest BCUT2D eigenvalue weighted by atomic mass is 9.83. The van der Waals surface area contributed by atoms with Crippen LogP contribution >= 0.6 is 0 Å². The van der Waals surface area contributed by atoms with E-state index in [1.807, 2.05) is 4.90 Å². The molecule has 50 heavy (non-hydrogen) atoms. The Morgan fingerprint density at radius 1 is 0.900 bits per heavy atom. The van der Waals surface area contributed by atoms with Crippen molar-refractivity contribution in [3.63, 3.8) is 0 Å². The van der Waals surface area contributed by atoms with Crippen LogP contribution in [0.25, 0.3) is 0 Å². The molecule has 5 rings (SSSR count). The lowest BCUT2D eigenvalue weighted by Crippen LogP contribution is -2.52. The van der Waals surface area contributed by atoms with Gasteiger partial charge in [-0.05, 0) is 94.7 Å². The first-order valence-electron chi connectivity index (χ1n) is 17.3. The second-order valence-corrected chi connectivity index (χ2v) is 14.4. The number of hydrogen-bond acceptors (Lipinski definition) is 7. The Morgan fingerprint density at radius 3 is 2.10 bits per heavy atom. The van der Waals surface area contributed by atoms with Crippen LogP contribution in [0.5, 0.6) is 5.75 Å². The van der Waals surface area contributed by atoms with E-state index >= 15 is 4.39 Å². The number of nitrogens with zero attached hydrogens (tertiary/aromatic N) is 3. The highest BCUT2D eigenvalue weighted by atomic mass is 19.4. The number of ether oxygens (including phenoxy) is 3. The Balaban J connectivity index is 1.34. The Morgan fingerprint density at radius 2 is 1.54 bits per heavy atom. The first kappa shape index (κ1) is 37.2. The minimum atomic E-state index is -4.53. The van der Waals surface area contributed by atoms with E-state index in [0.717, 1.165) is 11.6 Å². The number of anilines is 1. The molecule has 3 aliphatic heterocycles. The molecule has 3 aliphatic rings. The lowest BCUT2D eigenvalue weighted by Gasteiger charge is -2.39. The van der Waals surface area contributed by atoms with Gasteiger partial charge in [0.1, 0.15) is 11.4 Å². The summed E-state index contributed by atoms with van der Waals surface area (Å²) in [7, 11) is 1.52. The van der Waals surface area contributed by atoms with Crippen molar-refractivity contribution in [2.45, 2.75) is 82.7 Å². The van der Waals surface area contributed by atoms with Crippen LogP contribution in [-0.4, -0.2) is 92.0 Å². The third kappa shape index (κ3) is 8.12. The van der Waals surface area contributed by atoms with Crippen LogP contribution in [0.2, 0.25) is 0 Å². The standard InChI is InChI=1S/C37H47F4N3O6/c1-6-49-32(45)26-15-17-42(18-16-26)31-21-27(37(39,40)41)9-12-29(31)24-13-19-43(20-14-24)33(46)36(38)23-44(34(47)50-35(2,3)4)22-30(36)25-7-10-28(48-5)11-8-25/h7-12,21,24,26,30H,6,13-20,22-23H2,1-5H3/t30-,36-/m0/s1. The highest BCUT2D eigenvalue weighted by Crippen LogP contribution is 2.44. The fourth-order valence-corrected chi connectivity index (χ4v) is 7.32. The molecular weight excluding hydrogens is 658 g/mol. The van der Waals surface area contributed by atoms with E-state index in [4.69, 9.17) is 14.2 Å². The normalized spacial score (nSPS) is 22.4. The molecule has 13 heteroatoms. The number of likely N-dealkylation sites (tertiary alicyclic amines) is 2. The van der Waals surface area contributed by atoms with Crippen molar-refractivity contribution in [2.75, 3.05) is 57.9 Å². The quantitative estimate of drug-likeness (QED) is 0.228. The zero-order valence-electron chi connectivity index (χ0n) is 29.4. The van der Waals surface area contributed by atoms with Gasteiger partial charge in [0, 0.05) is 44.3 Å². The summed E-state index contributed by atoms with van der Waals surface area (Å²) in [5.41, 5.74) is -2.24. The van der Waals surface area contributed by atoms with Gasteiger partial charge in [0.15, 0.2) is 0 Å². The van der Waals surface area contributed by atoms with Gasteiger partial charge in [0.05, 0.1) is 31.7 Å². The topological polar surface area (TPSA) is 88.6 Å². The summed E-state index contributed by atoms with van der Waals surface area (Å²) in [5.74, 6) is -1.87. The van der Waals surface area contributed by atoms with Crippen molar-refractivity contribution in [3.05, 3.63) is 59.2 Å². The first-order valence-corrected chi connectivity index (χ1v) is 17.3. The van der Waals surface area contributed by atoms with Crippen molar-refractivity contribution >= 4 is 23.7 Å². The minimum Gasteiger partial charge on any atom is -0.497 e. The summed E-state index contributed by atoms with van der Waals surface area (Å²) < 4.78 is 74.7. The van der Waals surface area contributed by atoms with Crippen molar-refractivity contribution < 1.29 is 46.2 Å². The van der Waals surface area contributed by atoms with Crippen LogP contribution in [-0.2, 0) is 25.2 Å². The molecule has 3 fully saturated rings.